The second-order valence-electron chi connectivity index (χ2n) is 4.05. The van der Waals surface area contributed by atoms with Crippen LogP contribution in [0.25, 0.3) is 0 Å². The van der Waals surface area contributed by atoms with Crippen LogP contribution in [0.2, 0.25) is 0 Å². The van der Waals surface area contributed by atoms with Gasteiger partial charge < -0.3 is 10.5 Å². The minimum Gasteiger partial charge on any atom is -0.406 e. The van der Waals surface area contributed by atoms with Gasteiger partial charge in [-0.2, -0.15) is 0 Å². The van der Waals surface area contributed by atoms with E-state index in [1.165, 1.54) is 24.4 Å². The molecule has 0 atom stereocenters. The van der Waals surface area contributed by atoms with Crippen LogP contribution in [0.5, 0.6) is 5.75 Å². The average Bonchev–Trinajstić information content (AvgIpc) is 2.41. The van der Waals surface area contributed by atoms with Crippen molar-refractivity contribution in [2.45, 2.75) is 6.36 Å². The number of benzene rings is 1. The van der Waals surface area contributed by atoms with Gasteiger partial charge in [0.25, 0.3) is 0 Å². The van der Waals surface area contributed by atoms with Gasteiger partial charge in [-0.05, 0) is 52.3 Å². The molecule has 0 aliphatic rings. The van der Waals surface area contributed by atoms with Crippen LogP contribution in [0, 0.1) is 0 Å². The third-order valence-corrected chi connectivity index (χ3v) is 2.96. The van der Waals surface area contributed by atoms with Crippen molar-refractivity contribution in [3.63, 3.8) is 0 Å². The molecule has 1 aromatic heterocycles. The topological polar surface area (TPSA) is 68.5 Å². The predicted octanol–water partition coefficient (Wildman–Crippen LogP) is 3.96. The molecule has 22 heavy (non-hydrogen) atoms. The summed E-state index contributed by atoms with van der Waals surface area (Å²) in [4.78, 5) is 16.7. The van der Waals surface area contributed by atoms with E-state index in [1.54, 1.807) is 6.07 Å². The van der Waals surface area contributed by atoms with Crippen molar-refractivity contribution in [2.75, 3.05) is 4.90 Å². The highest BCUT2D eigenvalue weighted by Crippen LogP contribution is 2.28. The standard InChI is InChI=1S/C13H9BrF3N3O2/c14-8-1-6-11(19-7-8)20(12(18)21)9-2-4-10(5-3-9)22-13(15,16)17/h1-7H,(H2,18,21). The predicted molar refractivity (Wildman–Crippen MR) is 76.8 cm³/mol. The molecule has 0 bridgehead atoms. The van der Waals surface area contributed by atoms with Crippen LogP contribution in [0.3, 0.4) is 0 Å². The number of nitrogens with zero attached hydrogens (tertiary/aromatic N) is 2. The van der Waals surface area contributed by atoms with Gasteiger partial charge in [-0.1, -0.05) is 0 Å². The van der Waals surface area contributed by atoms with Gasteiger partial charge >= 0.3 is 12.4 Å². The third-order valence-electron chi connectivity index (χ3n) is 2.49. The highest BCUT2D eigenvalue weighted by molar-refractivity contribution is 9.10. The summed E-state index contributed by atoms with van der Waals surface area (Å²) >= 11 is 3.21. The van der Waals surface area contributed by atoms with E-state index in [-0.39, 0.29) is 11.5 Å². The Morgan fingerprint density at radius 1 is 1.18 bits per heavy atom. The Hall–Kier alpha value is -2.29. The number of rotatable bonds is 3. The molecule has 0 saturated heterocycles. The van der Waals surface area contributed by atoms with Crippen LogP contribution >= 0.6 is 15.9 Å². The van der Waals surface area contributed by atoms with Crippen molar-refractivity contribution in [3.8, 4) is 5.75 Å². The lowest BCUT2D eigenvalue weighted by atomic mass is 10.2. The largest absolute Gasteiger partial charge is 0.573 e. The number of alkyl halides is 3. The molecule has 0 aliphatic carbocycles. The number of aromatic nitrogens is 1. The minimum atomic E-state index is -4.78. The van der Waals surface area contributed by atoms with Crippen LogP contribution in [-0.2, 0) is 0 Å². The lowest BCUT2D eigenvalue weighted by molar-refractivity contribution is -0.274. The Labute approximate surface area is 131 Å². The number of amides is 2. The number of nitrogens with two attached hydrogens (primary N) is 1. The first-order valence-corrected chi connectivity index (χ1v) is 6.62. The smallest absolute Gasteiger partial charge is 0.406 e. The molecule has 116 valence electrons. The highest BCUT2D eigenvalue weighted by atomic mass is 79.9. The molecule has 1 heterocycles. The fourth-order valence-corrected chi connectivity index (χ4v) is 1.90. The molecule has 9 heteroatoms. The van der Waals surface area contributed by atoms with Gasteiger partial charge in [0.2, 0.25) is 0 Å². The molecule has 0 aliphatic heterocycles. The molecular weight excluding hydrogens is 367 g/mol. The summed E-state index contributed by atoms with van der Waals surface area (Å²) in [6.07, 6.45) is -3.31. The van der Waals surface area contributed by atoms with Crippen molar-refractivity contribution in [1.29, 1.82) is 0 Å². The van der Waals surface area contributed by atoms with E-state index in [4.69, 9.17) is 5.73 Å². The molecule has 2 amide bonds. The molecule has 1 aromatic carbocycles. The number of hydrogen-bond donors (Lipinski definition) is 1. The molecular formula is C13H9BrF3N3O2. The molecule has 2 N–H and O–H groups in total. The van der Waals surface area contributed by atoms with Gasteiger partial charge in [-0.15, -0.1) is 13.2 Å². The zero-order valence-electron chi connectivity index (χ0n) is 10.8. The summed E-state index contributed by atoms with van der Waals surface area (Å²) in [6.45, 7) is 0. The number of ether oxygens (including phenoxy) is 1. The molecule has 0 unspecified atom stereocenters. The second-order valence-corrected chi connectivity index (χ2v) is 4.97. The van der Waals surface area contributed by atoms with Crippen LogP contribution in [-0.4, -0.2) is 17.4 Å². The van der Waals surface area contributed by atoms with Crippen LogP contribution < -0.4 is 15.4 Å². The summed E-state index contributed by atoms with van der Waals surface area (Å²) in [5.41, 5.74) is 5.56. The van der Waals surface area contributed by atoms with E-state index in [2.05, 4.69) is 25.7 Å². The first kappa shape index (κ1) is 16.1. The van der Waals surface area contributed by atoms with Crippen LogP contribution in [0.1, 0.15) is 0 Å². The molecule has 2 rings (SSSR count). The molecule has 5 nitrogen and oxygen atoms in total. The van der Waals surface area contributed by atoms with E-state index < -0.39 is 18.1 Å². The Bertz CT molecular complexity index is 660. The van der Waals surface area contributed by atoms with Crippen molar-refractivity contribution < 1.29 is 22.7 Å². The van der Waals surface area contributed by atoms with Gasteiger partial charge in [0.05, 0.1) is 5.69 Å². The fraction of sp³-hybridized carbons (Fsp3) is 0.0769. The van der Waals surface area contributed by atoms with Gasteiger partial charge in [-0.25, -0.2) is 14.7 Å². The lowest BCUT2D eigenvalue weighted by Crippen LogP contribution is -2.32. The van der Waals surface area contributed by atoms with E-state index in [9.17, 15) is 18.0 Å². The molecule has 0 saturated carbocycles. The summed E-state index contributed by atoms with van der Waals surface area (Å²) < 4.78 is 40.8. The van der Waals surface area contributed by atoms with Crippen molar-refractivity contribution in [2.24, 2.45) is 5.73 Å². The monoisotopic (exact) mass is 375 g/mol. The lowest BCUT2D eigenvalue weighted by Gasteiger charge is -2.20. The number of carbonyl (C=O) groups is 1. The summed E-state index contributed by atoms with van der Waals surface area (Å²) in [5.74, 6) is -0.162. The van der Waals surface area contributed by atoms with E-state index >= 15 is 0 Å². The number of primary amides is 1. The van der Waals surface area contributed by atoms with Gasteiger partial charge in [-0.3, -0.25) is 0 Å². The zero-order valence-corrected chi connectivity index (χ0v) is 12.4. The normalized spacial score (nSPS) is 11.1. The Kier molecular flexibility index (Phi) is 4.55. The van der Waals surface area contributed by atoms with Crippen molar-refractivity contribution in [1.82, 2.24) is 4.98 Å². The van der Waals surface area contributed by atoms with Gasteiger partial charge in [0.1, 0.15) is 11.6 Å². The maximum absolute atomic E-state index is 12.1. The van der Waals surface area contributed by atoms with Crippen LogP contribution in [0.4, 0.5) is 29.5 Å². The summed E-state index contributed by atoms with van der Waals surface area (Å²) in [7, 11) is 0. The SMILES string of the molecule is NC(=O)N(c1ccc(OC(F)(F)F)cc1)c1ccc(Br)cn1. The first-order valence-electron chi connectivity index (χ1n) is 5.83. The van der Waals surface area contributed by atoms with Gasteiger partial charge in [0, 0.05) is 10.7 Å². The van der Waals surface area contributed by atoms with E-state index in [0.717, 1.165) is 17.0 Å². The summed E-state index contributed by atoms with van der Waals surface area (Å²) in [5, 5.41) is 0. The molecule has 0 radical (unpaired) electrons. The molecule has 0 fully saturated rings. The quantitative estimate of drug-likeness (QED) is 0.882. The number of urea groups is 1. The number of pyridine rings is 1. The number of hydrogen-bond acceptors (Lipinski definition) is 3. The Balaban J connectivity index is 2.30. The first-order chi connectivity index (χ1) is 10.3. The summed E-state index contributed by atoms with van der Waals surface area (Å²) in [6, 6.07) is 7.08. The molecule has 0 spiro atoms. The number of anilines is 2. The molecule has 2 aromatic rings. The third kappa shape index (κ3) is 4.10. The maximum Gasteiger partial charge on any atom is 0.573 e. The second kappa shape index (κ2) is 6.22. The van der Waals surface area contributed by atoms with Crippen LogP contribution in [0.15, 0.2) is 47.1 Å². The van der Waals surface area contributed by atoms with Crippen molar-refractivity contribution in [3.05, 3.63) is 47.1 Å². The maximum atomic E-state index is 12.1. The Morgan fingerprint density at radius 3 is 2.27 bits per heavy atom. The van der Waals surface area contributed by atoms with E-state index in [1.807, 2.05) is 0 Å². The minimum absolute atomic E-state index is 0.236. The van der Waals surface area contributed by atoms with E-state index in [0.29, 0.717) is 4.47 Å². The zero-order chi connectivity index (χ0) is 16.3. The fourth-order valence-electron chi connectivity index (χ4n) is 1.67. The number of halogens is 4. The number of carbonyl (C=O) groups excluding carboxylic acids is 1. The van der Waals surface area contributed by atoms with Crippen molar-refractivity contribution >= 4 is 33.5 Å². The van der Waals surface area contributed by atoms with Gasteiger partial charge in [0.15, 0.2) is 0 Å². The Morgan fingerprint density at radius 2 is 1.82 bits per heavy atom. The highest BCUT2D eigenvalue weighted by Gasteiger charge is 2.31. The average molecular weight is 376 g/mol.